The molecule has 1 aromatic rings. The second-order valence-electron chi connectivity index (χ2n) is 3.59. The number of rotatable bonds is 1. The minimum absolute atomic E-state index is 0.531. The van der Waals surface area contributed by atoms with Crippen molar-refractivity contribution in [2.75, 3.05) is 19.7 Å². The fraction of sp³-hybridized carbons (Fsp3) is 0.273. The summed E-state index contributed by atoms with van der Waals surface area (Å²) in [4.78, 5) is 8.66. The quantitative estimate of drug-likeness (QED) is 0.735. The van der Waals surface area contributed by atoms with Crippen molar-refractivity contribution in [1.29, 1.82) is 0 Å². The minimum Gasteiger partial charge on any atom is -0.486 e. The molecule has 0 bridgehead atoms. The van der Waals surface area contributed by atoms with Crippen LogP contribution in [0.4, 0.5) is 11.4 Å². The van der Waals surface area contributed by atoms with Gasteiger partial charge in [0.05, 0.1) is 5.69 Å². The van der Waals surface area contributed by atoms with E-state index in [1.165, 1.54) is 0 Å². The summed E-state index contributed by atoms with van der Waals surface area (Å²) in [5, 5.41) is 6.31. The monoisotopic (exact) mass is 216 g/mol. The van der Waals surface area contributed by atoms with Crippen LogP contribution in [0.25, 0.3) is 0 Å². The Bertz CT molecular complexity index is 459. The summed E-state index contributed by atoms with van der Waals surface area (Å²) >= 11 is 0. The van der Waals surface area contributed by atoms with E-state index in [4.69, 9.17) is 4.74 Å². The summed E-state index contributed by atoms with van der Waals surface area (Å²) in [5.74, 6) is 1.61. The molecule has 0 saturated carbocycles. The normalized spacial score (nSPS) is 17.1. The number of hydrogen-bond acceptors (Lipinski definition) is 3. The number of nitrogens with one attached hydrogen (secondary N) is 2. The van der Waals surface area contributed by atoms with Crippen LogP contribution in [0.15, 0.2) is 28.2 Å². The molecule has 0 spiro atoms. The van der Waals surface area contributed by atoms with Gasteiger partial charge in [-0.25, -0.2) is 4.99 Å². The predicted octanol–water partition coefficient (Wildman–Crippen LogP) is 0.962. The van der Waals surface area contributed by atoms with Crippen molar-refractivity contribution in [3.8, 4) is 5.75 Å². The molecular weight excluding hydrogens is 204 g/mol. The maximum atomic E-state index is 5.47. The Morgan fingerprint density at radius 2 is 2.12 bits per heavy atom. The van der Waals surface area contributed by atoms with Gasteiger partial charge in [0, 0.05) is 25.4 Å². The van der Waals surface area contributed by atoms with Crippen LogP contribution in [0.3, 0.4) is 0 Å². The standard InChI is InChI=1S/C11H12N4O/c1-2-9-10(16-6-5-12-9)7-8(1)15-11-13-3-4-14-11/h1-2,5,7H,3-4,6H2,(H2,13,14,15). The third kappa shape index (κ3) is 1.71. The van der Waals surface area contributed by atoms with E-state index in [2.05, 4.69) is 20.6 Å². The van der Waals surface area contributed by atoms with Crippen LogP contribution < -0.4 is 15.4 Å². The van der Waals surface area contributed by atoms with Crippen molar-refractivity contribution in [3.05, 3.63) is 18.2 Å². The van der Waals surface area contributed by atoms with Crippen molar-refractivity contribution < 1.29 is 4.74 Å². The number of aliphatic imine (C=N–C) groups is 2. The molecule has 2 heterocycles. The average molecular weight is 216 g/mol. The zero-order valence-electron chi connectivity index (χ0n) is 8.73. The highest BCUT2D eigenvalue weighted by molar-refractivity contribution is 5.84. The first-order valence-electron chi connectivity index (χ1n) is 5.28. The van der Waals surface area contributed by atoms with Crippen molar-refractivity contribution in [2.24, 2.45) is 9.98 Å². The van der Waals surface area contributed by atoms with Gasteiger partial charge in [-0.3, -0.25) is 4.99 Å². The smallest absolute Gasteiger partial charge is 0.196 e. The Balaban J connectivity index is 1.91. The van der Waals surface area contributed by atoms with Crippen molar-refractivity contribution >= 4 is 23.5 Å². The Hall–Kier alpha value is -2.04. The number of hydrogen-bond donors (Lipinski definition) is 2. The van der Waals surface area contributed by atoms with Gasteiger partial charge < -0.3 is 15.4 Å². The lowest BCUT2D eigenvalue weighted by Crippen LogP contribution is -2.23. The molecule has 82 valence electrons. The molecular formula is C11H12N4O. The molecule has 0 unspecified atom stereocenters. The number of guanidine groups is 1. The lowest BCUT2D eigenvalue weighted by molar-refractivity contribution is 0.377. The van der Waals surface area contributed by atoms with Crippen LogP contribution in [-0.4, -0.2) is 31.9 Å². The Labute approximate surface area is 93.2 Å². The molecule has 1 saturated heterocycles. The van der Waals surface area contributed by atoms with E-state index >= 15 is 0 Å². The summed E-state index contributed by atoms with van der Waals surface area (Å²) in [6, 6.07) is 5.75. The van der Waals surface area contributed by atoms with E-state index in [9.17, 15) is 0 Å². The van der Waals surface area contributed by atoms with Crippen LogP contribution >= 0.6 is 0 Å². The largest absolute Gasteiger partial charge is 0.486 e. The first-order chi connectivity index (χ1) is 7.92. The Kier molecular flexibility index (Phi) is 2.21. The molecule has 2 aliphatic heterocycles. The van der Waals surface area contributed by atoms with Crippen molar-refractivity contribution in [3.63, 3.8) is 0 Å². The lowest BCUT2D eigenvalue weighted by Gasteiger charge is -2.11. The molecule has 0 atom stereocenters. The summed E-state index contributed by atoms with van der Waals surface area (Å²) in [6.45, 7) is 2.37. The van der Waals surface area contributed by atoms with Crippen LogP contribution in [0.2, 0.25) is 0 Å². The van der Waals surface area contributed by atoms with Gasteiger partial charge in [0.2, 0.25) is 0 Å². The Morgan fingerprint density at radius 3 is 3.00 bits per heavy atom. The molecule has 0 aromatic heterocycles. The number of benzene rings is 1. The molecule has 2 aliphatic rings. The molecule has 0 radical (unpaired) electrons. The summed E-state index contributed by atoms with van der Waals surface area (Å²) < 4.78 is 5.47. The van der Waals surface area contributed by atoms with Gasteiger partial charge in [-0.05, 0) is 12.1 Å². The van der Waals surface area contributed by atoms with E-state index in [0.717, 1.165) is 36.2 Å². The summed E-state index contributed by atoms with van der Waals surface area (Å²) in [6.07, 6.45) is 1.76. The highest BCUT2D eigenvalue weighted by atomic mass is 16.5. The van der Waals surface area contributed by atoms with Gasteiger partial charge in [-0.15, -0.1) is 0 Å². The molecule has 16 heavy (non-hydrogen) atoms. The summed E-state index contributed by atoms with van der Waals surface area (Å²) in [5.41, 5.74) is 1.73. The average Bonchev–Trinajstić information content (AvgIpc) is 2.82. The van der Waals surface area contributed by atoms with E-state index in [1.54, 1.807) is 6.21 Å². The van der Waals surface area contributed by atoms with Gasteiger partial charge >= 0.3 is 0 Å². The third-order valence-electron chi connectivity index (χ3n) is 2.44. The topological polar surface area (TPSA) is 58.0 Å². The Morgan fingerprint density at radius 1 is 1.25 bits per heavy atom. The number of fused-ring (bicyclic) bond motifs is 1. The van der Waals surface area contributed by atoms with Gasteiger partial charge in [0.15, 0.2) is 5.96 Å². The fourth-order valence-corrected chi connectivity index (χ4v) is 1.69. The SMILES string of the molecule is C1=Nc2ccc(N=C3NCCN3)cc2OC1. The highest BCUT2D eigenvalue weighted by Gasteiger charge is 2.09. The molecule has 5 heteroatoms. The van der Waals surface area contributed by atoms with E-state index in [1.807, 2.05) is 18.2 Å². The zero-order chi connectivity index (χ0) is 10.8. The van der Waals surface area contributed by atoms with Crippen molar-refractivity contribution in [1.82, 2.24) is 10.6 Å². The van der Waals surface area contributed by atoms with E-state index in [-0.39, 0.29) is 0 Å². The van der Waals surface area contributed by atoms with Gasteiger partial charge in [0.1, 0.15) is 18.0 Å². The first kappa shape index (κ1) is 9.21. The molecule has 1 fully saturated rings. The maximum Gasteiger partial charge on any atom is 0.196 e. The fourth-order valence-electron chi connectivity index (χ4n) is 1.69. The molecule has 5 nitrogen and oxygen atoms in total. The first-order valence-corrected chi connectivity index (χ1v) is 5.28. The van der Waals surface area contributed by atoms with Gasteiger partial charge in [-0.2, -0.15) is 0 Å². The maximum absolute atomic E-state index is 5.47. The van der Waals surface area contributed by atoms with E-state index < -0.39 is 0 Å². The van der Waals surface area contributed by atoms with Crippen LogP contribution in [0, 0.1) is 0 Å². The lowest BCUT2D eigenvalue weighted by atomic mass is 10.2. The van der Waals surface area contributed by atoms with E-state index in [0.29, 0.717) is 6.61 Å². The molecule has 0 aliphatic carbocycles. The summed E-state index contributed by atoms with van der Waals surface area (Å²) in [7, 11) is 0. The van der Waals surface area contributed by atoms with Gasteiger partial charge in [0.25, 0.3) is 0 Å². The van der Waals surface area contributed by atoms with Crippen LogP contribution in [0.5, 0.6) is 5.75 Å². The second kappa shape index (κ2) is 3.84. The van der Waals surface area contributed by atoms with Crippen LogP contribution in [0.1, 0.15) is 0 Å². The second-order valence-corrected chi connectivity index (χ2v) is 3.59. The van der Waals surface area contributed by atoms with Crippen LogP contribution in [-0.2, 0) is 0 Å². The highest BCUT2D eigenvalue weighted by Crippen LogP contribution is 2.33. The third-order valence-corrected chi connectivity index (χ3v) is 2.44. The molecule has 3 rings (SSSR count). The molecule has 0 amide bonds. The predicted molar refractivity (Wildman–Crippen MR) is 63.2 cm³/mol. The minimum atomic E-state index is 0.531. The number of ether oxygens (including phenoxy) is 1. The molecule has 2 N–H and O–H groups in total. The zero-order valence-corrected chi connectivity index (χ0v) is 8.73. The molecule has 1 aromatic carbocycles. The van der Waals surface area contributed by atoms with Gasteiger partial charge in [-0.1, -0.05) is 0 Å². The number of nitrogens with zero attached hydrogens (tertiary/aromatic N) is 2. The van der Waals surface area contributed by atoms with Crippen molar-refractivity contribution in [2.45, 2.75) is 0 Å².